The van der Waals surface area contributed by atoms with Crippen molar-refractivity contribution in [3.8, 4) is 11.5 Å². The van der Waals surface area contributed by atoms with Crippen LogP contribution in [0.2, 0.25) is 10.0 Å². The summed E-state index contributed by atoms with van der Waals surface area (Å²) in [6.07, 6.45) is 0.157. The maximum Gasteiger partial charge on any atom is 0.264 e. The third kappa shape index (κ3) is 9.50. The van der Waals surface area contributed by atoms with Crippen molar-refractivity contribution in [3.05, 3.63) is 117 Å². The smallest absolute Gasteiger partial charge is 0.264 e. The number of hydrogen-bond donors (Lipinski definition) is 1. The van der Waals surface area contributed by atoms with Crippen LogP contribution in [0.5, 0.6) is 11.5 Å². The van der Waals surface area contributed by atoms with Crippen LogP contribution in [0.25, 0.3) is 0 Å². The summed E-state index contributed by atoms with van der Waals surface area (Å²) in [5.74, 6) is -0.325. The molecule has 0 spiro atoms. The van der Waals surface area contributed by atoms with E-state index in [1.165, 1.54) is 37.3 Å². The number of anilines is 1. The zero-order valence-electron chi connectivity index (χ0n) is 29.1. The maximum atomic E-state index is 14.8. The molecule has 0 aliphatic rings. The first kappa shape index (κ1) is 38.6. The standard InChI is InChI=1S/C38H43Cl2N3O6S/c1-25(2)22-41-38(45)34(20-28-11-8-7-9-12-28)42(23-31-32(39)13-10-14-33(31)40)37(44)24-43(29-18-26(3)17-27(4)19-29)50(46,47)30-15-16-35(48-5)36(21-30)49-6/h7-19,21,25,34H,20,22-24H2,1-6H3,(H,41,45)/t34-/m1/s1. The van der Waals surface area contributed by atoms with E-state index in [1.807, 2.05) is 64.1 Å². The Labute approximate surface area is 305 Å². The molecule has 0 radical (unpaired) electrons. The molecule has 50 heavy (non-hydrogen) atoms. The number of rotatable bonds is 15. The number of sulfonamides is 1. The predicted molar refractivity (Wildman–Crippen MR) is 199 cm³/mol. The van der Waals surface area contributed by atoms with E-state index in [0.29, 0.717) is 27.9 Å². The summed E-state index contributed by atoms with van der Waals surface area (Å²) >= 11 is 13.2. The molecular formula is C38H43Cl2N3O6S. The highest BCUT2D eigenvalue weighted by molar-refractivity contribution is 7.92. The number of hydrogen-bond acceptors (Lipinski definition) is 6. The summed E-state index contributed by atoms with van der Waals surface area (Å²) in [6, 6.07) is 22.8. The van der Waals surface area contributed by atoms with Gasteiger partial charge in [-0.2, -0.15) is 0 Å². The first-order valence-corrected chi connectivity index (χ1v) is 18.3. The molecule has 1 N–H and O–H groups in total. The fourth-order valence-corrected chi connectivity index (χ4v) is 7.49. The van der Waals surface area contributed by atoms with Gasteiger partial charge in [0, 0.05) is 41.2 Å². The highest BCUT2D eigenvalue weighted by Crippen LogP contribution is 2.34. The Balaban J connectivity index is 1.88. The van der Waals surface area contributed by atoms with E-state index in [2.05, 4.69) is 5.32 Å². The summed E-state index contributed by atoms with van der Waals surface area (Å²) in [5.41, 5.74) is 3.12. The Morgan fingerprint density at radius 2 is 1.44 bits per heavy atom. The lowest BCUT2D eigenvalue weighted by molar-refractivity contribution is -0.140. The minimum absolute atomic E-state index is 0.113. The van der Waals surface area contributed by atoms with Gasteiger partial charge in [-0.25, -0.2) is 8.42 Å². The third-order valence-electron chi connectivity index (χ3n) is 8.06. The van der Waals surface area contributed by atoms with Gasteiger partial charge in [-0.05, 0) is 72.9 Å². The van der Waals surface area contributed by atoms with Gasteiger partial charge in [-0.1, -0.05) is 79.5 Å². The molecule has 0 aliphatic heterocycles. The molecule has 266 valence electrons. The third-order valence-corrected chi connectivity index (χ3v) is 10.5. The number of carbonyl (C=O) groups excluding carboxylic acids is 2. The van der Waals surface area contributed by atoms with Gasteiger partial charge in [0.2, 0.25) is 11.8 Å². The molecule has 4 rings (SSSR count). The van der Waals surface area contributed by atoms with Gasteiger partial charge in [0.1, 0.15) is 12.6 Å². The Hall–Kier alpha value is -4.25. The lowest BCUT2D eigenvalue weighted by Gasteiger charge is -2.34. The monoisotopic (exact) mass is 739 g/mol. The normalized spacial score (nSPS) is 11.9. The van der Waals surface area contributed by atoms with Crippen molar-refractivity contribution in [1.29, 1.82) is 0 Å². The summed E-state index contributed by atoms with van der Waals surface area (Å²) in [6.45, 7) is 7.23. The maximum absolute atomic E-state index is 14.8. The van der Waals surface area contributed by atoms with Crippen molar-refractivity contribution < 1.29 is 27.5 Å². The minimum atomic E-state index is -4.39. The van der Waals surface area contributed by atoms with Gasteiger partial charge in [0.25, 0.3) is 10.0 Å². The number of nitrogens with zero attached hydrogens (tertiary/aromatic N) is 2. The number of carbonyl (C=O) groups is 2. The average Bonchev–Trinajstić information content (AvgIpc) is 3.08. The van der Waals surface area contributed by atoms with Crippen LogP contribution >= 0.6 is 23.2 Å². The molecule has 9 nitrogen and oxygen atoms in total. The highest BCUT2D eigenvalue weighted by Gasteiger charge is 2.35. The quantitative estimate of drug-likeness (QED) is 0.138. The molecule has 12 heteroatoms. The zero-order chi connectivity index (χ0) is 36.6. The van der Waals surface area contributed by atoms with E-state index in [9.17, 15) is 18.0 Å². The molecule has 4 aromatic rings. The summed E-state index contributed by atoms with van der Waals surface area (Å²) in [7, 11) is -1.53. The first-order valence-electron chi connectivity index (χ1n) is 16.1. The minimum Gasteiger partial charge on any atom is -0.493 e. The molecule has 1 atom stereocenters. The molecule has 2 amide bonds. The van der Waals surface area contributed by atoms with E-state index in [-0.39, 0.29) is 41.1 Å². The Morgan fingerprint density at radius 3 is 2.02 bits per heavy atom. The lowest BCUT2D eigenvalue weighted by Crippen LogP contribution is -2.53. The summed E-state index contributed by atoms with van der Waals surface area (Å²) in [4.78, 5) is 30.1. The van der Waals surface area contributed by atoms with E-state index in [0.717, 1.165) is 21.0 Å². The second-order valence-corrected chi connectivity index (χ2v) is 15.1. The molecule has 0 bridgehead atoms. The molecule has 0 saturated heterocycles. The highest BCUT2D eigenvalue weighted by atomic mass is 35.5. The number of nitrogens with one attached hydrogen (secondary N) is 1. The van der Waals surface area contributed by atoms with Crippen molar-refractivity contribution in [2.75, 3.05) is 31.6 Å². The molecule has 0 unspecified atom stereocenters. The van der Waals surface area contributed by atoms with E-state index >= 15 is 0 Å². The topological polar surface area (TPSA) is 105 Å². The van der Waals surface area contributed by atoms with Crippen LogP contribution in [0.15, 0.2) is 89.8 Å². The number of amides is 2. The molecule has 0 aromatic heterocycles. The van der Waals surface area contributed by atoms with Crippen LogP contribution in [0, 0.1) is 19.8 Å². The van der Waals surface area contributed by atoms with Crippen molar-refractivity contribution in [2.24, 2.45) is 5.92 Å². The molecule has 0 fully saturated rings. The van der Waals surface area contributed by atoms with Crippen molar-refractivity contribution in [1.82, 2.24) is 10.2 Å². The molecular weight excluding hydrogens is 697 g/mol. The van der Waals surface area contributed by atoms with E-state index in [1.54, 1.807) is 30.3 Å². The van der Waals surface area contributed by atoms with Crippen LogP contribution in [-0.2, 0) is 32.6 Å². The van der Waals surface area contributed by atoms with Gasteiger partial charge in [0.15, 0.2) is 11.5 Å². The predicted octanol–water partition coefficient (Wildman–Crippen LogP) is 7.24. The largest absolute Gasteiger partial charge is 0.493 e. The number of benzene rings is 4. The van der Waals surface area contributed by atoms with E-state index in [4.69, 9.17) is 32.7 Å². The molecule has 0 aliphatic carbocycles. The van der Waals surface area contributed by atoms with Gasteiger partial charge in [0.05, 0.1) is 24.8 Å². The Morgan fingerprint density at radius 1 is 0.820 bits per heavy atom. The van der Waals surface area contributed by atoms with Gasteiger partial charge >= 0.3 is 0 Å². The molecule has 0 saturated carbocycles. The number of ether oxygens (including phenoxy) is 2. The number of methoxy groups -OCH3 is 2. The zero-order valence-corrected chi connectivity index (χ0v) is 31.4. The summed E-state index contributed by atoms with van der Waals surface area (Å²) < 4.78 is 40.9. The van der Waals surface area contributed by atoms with E-state index < -0.39 is 28.5 Å². The Kier molecular flexibility index (Phi) is 13.2. The Bertz CT molecular complexity index is 1880. The second-order valence-electron chi connectivity index (χ2n) is 12.4. The number of halogens is 2. The van der Waals surface area contributed by atoms with Crippen LogP contribution in [0.3, 0.4) is 0 Å². The molecule has 0 heterocycles. The van der Waals surface area contributed by atoms with Crippen LogP contribution in [0.1, 0.15) is 36.1 Å². The fraction of sp³-hybridized carbons (Fsp3) is 0.316. The average molecular weight is 741 g/mol. The van der Waals surface area contributed by atoms with Crippen molar-refractivity contribution in [2.45, 2.75) is 51.6 Å². The van der Waals surface area contributed by atoms with Crippen molar-refractivity contribution >= 4 is 50.7 Å². The van der Waals surface area contributed by atoms with Gasteiger partial charge in [-0.15, -0.1) is 0 Å². The number of aryl methyl sites for hydroxylation is 2. The van der Waals surface area contributed by atoms with Gasteiger partial charge < -0.3 is 19.7 Å². The lowest BCUT2D eigenvalue weighted by atomic mass is 10.0. The fourth-order valence-electron chi connectivity index (χ4n) is 5.56. The second kappa shape index (κ2) is 17.1. The van der Waals surface area contributed by atoms with Gasteiger partial charge in [-0.3, -0.25) is 13.9 Å². The molecule has 4 aromatic carbocycles. The van der Waals surface area contributed by atoms with Crippen LogP contribution in [-0.4, -0.2) is 58.5 Å². The summed E-state index contributed by atoms with van der Waals surface area (Å²) in [5, 5.41) is 3.59. The van der Waals surface area contributed by atoms with Crippen LogP contribution in [0.4, 0.5) is 5.69 Å². The van der Waals surface area contributed by atoms with Crippen LogP contribution < -0.4 is 19.1 Å². The first-order chi connectivity index (χ1) is 23.7. The SMILES string of the molecule is COc1ccc(S(=O)(=O)N(CC(=O)N(Cc2c(Cl)cccc2Cl)[C@H](Cc2ccccc2)C(=O)NCC(C)C)c2cc(C)cc(C)c2)cc1OC. The van der Waals surface area contributed by atoms with Crippen molar-refractivity contribution in [3.63, 3.8) is 0 Å².